The Morgan fingerprint density at radius 1 is 1.12 bits per heavy atom. The number of carbonyl (C=O) groups excluding carboxylic acids is 2. The Kier molecular flexibility index (Phi) is 7.33. The lowest BCUT2D eigenvalue weighted by atomic mass is 9.83. The van der Waals surface area contributed by atoms with Gasteiger partial charge in [0.15, 0.2) is 6.29 Å². The third kappa shape index (κ3) is 5.21. The van der Waals surface area contributed by atoms with Crippen LogP contribution in [0.1, 0.15) is 30.4 Å². The average molecular weight is 472 g/mol. The molecule has 2 aliphatic rings. The molecule has 1 amide bonds. The maximum Gasteiger partial charge on any atom is 0.336 e. The van der Waals surface area contributed by atoms with Crippen molar-refractivity contribution in [2.45, 2.75) is 32.2 Å². The van der Waals surface area contributed by atoms with Crippen molar-refractivity contribution in [3.8, 4) is 5.75 Å². The minimum Gasteiger partial charge on any atom is -0.496 e. The van der Waals surface area contributed by atoms with Gasteiger partial charge in [-0.3, -0.25) is 4.79 Å². The Morgan fingerprint density at radius 3 is 2.52 bits per heavy atom. The number of halogens is 1. The van der Waals surface area contributed by atoms with Crippen molar-refractivity contribution in [3.05, 3.63) is 76.0 Å². The zero-order valence-electron chi connectivity index (χ0n) is 18.6. The van der Waals surface area contributed by atoms with E-state index in [1.807, 2.05) is 36.4 Å². The maximum absolute atomic E-state index is 13.4. The Bertz CT molecular complexity index is 1050. The normalized spacial score (nSPS) is 19.2. The van der Waals surface area contributed by atoms with E-state index in [4.69, 9.17) is 30.5 Å². The minimum absolute atomic E-state index is 0.0513. The van der Waals surface area contributed by atoms with Gasteiger partial charge < -0.3 is 23.8 Å². The van der Waals surface area contributed by atoms with E-state index in [0.29, 0.717) is 35.3 Å². The van der Waals surface area contributed by atoms with Crippen molar-refractivity contribution in [1.29, 1.82) is 0 Å². The fourth-order valence-electron chi connectivity index (χ4n) is 4.18. The van der Waals surface area contributed by atoms with Crippen molar-refractivity contribution in [3.63, 3.8) is 0 Å². The van der Waals surface area contributed by atoms with E-state index in [1.54, 1.807) is 31.1 Å². The minimum atomic E-state index is -0.512. The van der Waals surface area contributed by atoms with Gasteiger partial charge in [-0.05, 0) is 30.7 Å². The monoisotopic (exact) mass is 471 g/mol. The van der Waals surface area contributed by atoms with E-state index in [-0.39, 0.29) is 25.5 Å². The number of nitrogens with zero attached hydrogens (tertiary/aromatic N) is 1. The highest BCUT2D eigenvalue weighted by atomic mass is 35.5. The highest BCUT2D eigenvalue weighted by Gasteiger charge is 2.38. The molecule has 7 nitrogen and oxygen atoms in total. The molecule has 174 valence electrons. The van der Waals surface area contributed by atoms with Gasteiger partial charge in [-0.2, -0.15) is 0 Å². The van der Waals surface area contributed by atoms with Crippen LogP contribution in [-0.4, -0.2) is 49.9 Å². The lowest BCUT2D eigenvalue weighted by molar-refractivity contribution is -0.142. The van der Waals surface area contributed by atoms with Gasteiger partial charge in [-0.1, -0.05) is 41.9 Å². The number of allylic oxidation sites excluding steroid dienone is 1. The number of methoxy groups -OCH3 is 1. The number of ether oxygens (including phenoxy) is 4. The van der Waals surface area contributed by atoms with E-state index in [9.17, 15) is 9.59 Å². The number of benzene rings is 2. The molecule has 1 atom stereocenters. The van der Waals surface area contributed by atoms with Crippen LogP contribution >= 0.6 is 11.6 Å². The largest absolute Gasteiger partial charge is 0.496 e. The number of para-hydroxylation sites is 1. The first-order valence-corrected chi connectivity index (χ1v) is 11.1. The summed E-state index contributed by atoms with van der Waals surface area (Å²) < 4.78 is 22.1. The zero-order chi connectivity index (χ0) is 23.4. The summed E-state index contributed by atoms with van der Waals surface area (Å²) in [7, 11) is 1.57. The average Bonchev–Trinajstić information content (AvgIpc) is 3.34. The topological polar surface area (TPSA) is 74.3 Å². The highest BCUT2D eigenvalue weighted by molar-refractivity contribution is 6.30. The Morgan fingerprint density at radius 2 is 1.82 bits per heavy atom. The predicted molar refractivity (Wildman–Crippen MR) is 122 cm³/mol. The first-order valence-electron chi connectivity index (χ1n) is 10.8. The number of amides is 1. The predicted octanol–water partition coefficient (Wildman–Crippen LogP) is 4.05. The molecule has 33 heavy (non-hydrogen) atoms. The van der Waals surface area contributed by atoms with Gasteiger partial charge in [0.1, 0.15) is 12.4 Å². The number of hydrogen-bond donors (Lipinski definition) is 0. The molecule has 0 spiro atoms. The van der Waals surface area contributed by atoms with Crippen molar-refractivity contribution in [2.75, 3.05) is 26.9 Å². The molecular weight excluding hydrogens is 446 g/mol. The number of carbonyl (C=O) groups is 2. The van der Waals surface area contributed by atoms with E-state index >= 15 is 0 Å². The van der Waals surface area contributed by atoms with Crippen LogP contribution in [-0.2, 0) is 30.4 Å². The first-order chi connectivity index (χ1) is 16.0. The molecule has 8 heteroatoms. The Hall–Kier alpha value is -2.87. The molecule has 2 aromatic rings. The SMILES string of the molecule is COc1ccccc1COC(=O)C1=C(C)N(CC2OCCO2)C(=O)CC1c1ccc(Cl)cc1. The lowest BCUT2D eigenvalue weighted by Gasteiger charge is -2.35. The van der Waals surface area contributed by atoms with Gasteiger partial charge in [0.25, 0.3) is 0 Å². The van der Waals surface area contributed by atoms with Crippen LogP contribution in [0.3, 0.4) is 0 Å². The van der Waals surface area contributed by atoms with Gasteiger partial charge in [-0.25, -0.2) is 4.79 Å². The van der Waals surface area contributed by atoms with Crippen molar-refractivity contribution in [2.24, 2.45) is 0 Å². The quantitative estimate of drug-likeness (QED) is 0.567. The van der Waals surface area contributed by atoms with E-state index in [1.165, 1.54) is 0 Å². The summed E-state index contributed by atoms with van der Waals surface area (Å²) in [5.74, 6) is -0.389. The molecule has 0 saturated carbocycles. The standard InChI is InChI=1S/C25H26ClNO6/c1-16-24(25(29)33-15-18-5-3-4-6-21(18)30-2)20(17-7-9-19(26)10-8-17)13-22(28)27(16)14-23-31-11-12-32-23/h3-10,20,23H,11-15H2,1-2H3. The zero-order valence-corrected chi connectivity index (χ0v) is 19.3. The van der Waals surface area contributed by atoms with Crippen LogP contribution in [0, 0.1) is 0 Å². The molecule has 4 rings (SSSR count). The van der Waals surface area contributed by atoms with Crippen LogP contribution in [0.4, 0.5) is 0 Å². The summed E-state index contributed by atoms with van der Waals surface area (Å²) in [6.45, 7) is 3.00. The fraction of sp³-hybridized carbons (Fsp3) is 0.360. The summed E-state index contributed by atoms with van der Waals surface area (Å²) in [6.07, 6.45) is -0.382. The molecule has 0 bridgehead atoms. The van der Waals surface area contributed by atoms with Crippen molar-refractivity contribution < 1.29 is 28.5 Å². The molecule has 1 unspecified atom stereocenters. The van der Waals surface area contributed by atoms with Gasteiger partial charge in [-0.15, -0.1) is 0 Å². The summed E-state index contributed by atoms with van der Waals surface area (Å²) in [4.78, 5) is 28.0. The van der Waals surface area contributed by atoms with Gasteiger partial charge in [0.2, 0.25) is 5.91 Å². The maximum atomic E-state index is 13.4. The number of rotatable bonds is 7. The molecule has 2 aromatic carbocycles. The molecular formula is C25H26ClNO6. The van der Waals surface area contributed by atoms with Gasteiger partial charge in [0.05, 0.1) is 32.4 Å². The smallest absolute Gasteiger partial charge is 0.336 e. The summed E-state index contributed by atoms with van der Waals surface area (Å²) in [5.41, 5.74) is 2.55. The lowest BCUT2D eigenvalue weighted by Crippen LogP contribution is -2.42. The van der Waals surface area contributed by atoms with Crippen molar-refractivity contribution in [1.82, 2.24) is 4.90 Å². The summed E-state index contributed by atoms with van der Waals surface area (Å²) in [5, 5.41) is 0.582. The molecule has 2 heterocycles. The van der Waals surface area contributed by atoms with Crippen LogP contribution < -0.4 is 4.74 Å². The Balaban J connectivity index is 1.64. The van der Waals surface area contributed by atoms with E-state index < -0.39 is 18.2 Å². The summed E-state index contributed by atoms with van der Waals surface area (Å²) in [6, 6.07) is 14.5. The van der Waals surface area contributed by atoms with Crippen LogP contribution in [0.25, 0.3) is 0 Å². The molecule has 1 saturated heterocycles. The summed E-state index contributed by atoms with van der Waals surface area (Å²) >= 11 is 6.05. The Labute approximate surface area is 197 Å². The molecule has 0 aliphatic carbocycles. The second kappa shape index (κ2) is 10.4. The third-order valence-electron chi connectivity index (χ3n) is 5.89. The first kappa shape index (κ1) is 23.3. The van der Waals surface area contributed by atoms with Crippen molar-refractivity contribution >= 4 is 23.5 Å². The third-order valence-corrected chi connectivity index (χ3v) is 6.14. The van der Waals surface area contributed by atoms with Crippen LogP contribution in [0.5, 0.6) is 5.75 Å². The molecule has 0 aromatic heterocycles. The van der Waals surface area contributed by atoms with Crippen LogP contribution in [0.15, 0.2) is 59.8 Å². The van der Waals surface area contributed by atoms with Gasteiger partial charge >= 0.3 is 5.97 Å². The van der Waals surface area contributed by atoms with Gasteiger partial charge in [0, 0.05) is 28.6 Å². The highest BCUT2D eigenvalue weighted by Crippen LogP contribution is 2.38. The number of hydrogen-bond acceptors (Lipinski definition) is 6. The van der Waals surface area contributed by atoms with E-state index in [0.717, 1.165) is 11.1 Å². The second-order valence-electron chi connectivity index (χ2n) is 7.87. The molecule has 0 radical (unpaired) electrons. The second-order valence-corrected chi connectivity index (χ2v) is 8.31. The molecule has 1 fully saturated rings. The number of esters is 1. The fourth-order valence-corrected chi connectivity index (χ4v) is 4.31. The van der Waals surface area contributed by atoms with Crippen LogP contribution in [0.2, 0.25) is 5.02 Å². The van der Waals surface area contributed by atoms with E-state index in [2.05, 4.69) is 0 Å². The molecule has 0 N–H and O–H groups in total. The molecule has 2 aliphatic heterocycles.